The largest absolute Gasteiger partial charge is 0.476 e. The van der Waals surface area contributed by atoms with Crippen molar-refractivity contribution in [3.63, 3.8) is 0 Å². The highest BCUT2D eigenvalue weighted by Crippen LogP contribution is 2.18. The highest BCUT2D eigenvalue weighted by molar-refractivity contribution is 6.31. The van der Waals surface area contributed by atoms with Crippen LogP contribution in [0, 0.1) is 0 Å². The van der Waals surface area contributed by atoms with Crippen LogP contribution in [0.3, 0.4) is 0 Å². The number of halogens is 3. The molecule has 0 fully saturated rings. The third-order valence-electron chi connectivity index (χ3n) is 1.17. The first kappa shape index (κ1) is 9.79. The van der Waals surface area contributed by atoms with Crippen LogP contribution in [0.15, 0.2) is 6.20 Å². The average Bonchev–Trinajstić information content (AvgIpc) is 2.04. The lowest BCUT2D eigenvalue weighted by Gasteiger charge is -2.00. The molecule has 0 saturated heterocycles. The molecule has 1 rings (SSSR count). The van der Waals surface area contributed by atoms with Gasteiger partial charge in [-0.1, -0.05) is 11.6 Å². The normalized spacial score (nSPS) is 10.5. The van der Waals surface area contributed by atoms with E-state index in [4.69, 9.17) is 16.7 Å². The molecule has 7 heteroatoms. The summed E-state index contributed by atoms with van der Waals surface area (Å²) in [5, 5.41) is 8.03. The summed E-state index contributed by atoms with van der Waals surface area (Å²) in [6.07, 6.45) is -2.12. The molecule has 0 amide bonds. The molecule has 4 nitrogen and oxygen atoms in total. The van der Waals surface area contributed by atoms with E-state index in [1.165, 1.54) is 0 Å². The maximum absolute atomic E-state index is 12.0. The topological polar surface area (TPSA) is 63.1 Å². The predicted octanol–water partition coefficient (Wildman–Crippen LogP) is 1.77. The second-order valence-electron chi connectivity index (χ2n) is 2.04. The fourth-order valence-corrected chi connectivity index (χ4v) is 0.801. The standard InChI is InChI=1S/C6H3ClF2N2O2/c7-4-3(6(12)13)11-2(1-10-4)5(8)9/h1,5H,(H,12,13). The zero-order valence-electron chi connectivity index (χ0n) is 6.04. The quantitative estimate of drug-likeness (QED) is 0.805. The van der Waals surface area contributed by atoms with Crippen molar-refractivity contribution in [3.8, 4) is 0 Å². The van der Waals surface area contributed by atoms with Crippen LogP contribution >= 0.6 is 11.6 Å². The third-order valence-corrected chi connectivity index (χ3v) is 1.45. The van der Waals surface area contributed by atoms with E-state index >= 15 is 0 Å². The van der Waals surface area contributed by atoms with Gasteiger partial charge in [0.05, 0.1) is 6.20 Å². The zero-order chi connectivity index (χ0) is 10.0. The maximum atomic E-state index is 12.0. The van der Waals surface area contributed by atoms with Gasteiger partial charge in [-0.3, -0.25) is 0 Å². The summed E-state index contributed by atoms with van der Waals surface area (Å²) in [5.41, 5.74) is -1.37. The lowest BCUT2D eigenvalue weighted by Crippen LogP contribution is -2.05. The Balaban J connectivity index is 3.19. The molecule has 0 aromatic carbocycles. The molecular formula is C6H3ClF2N2O2. The summed E-state index contributed by atoms with van der Waals surface area (Å²) in [6.45, 7) is 0. The van der Waals surface area contributed by atoms with Gasteiger partial charge in [0, 0.05) is 0 Å². The van der Waals surface area contributed by atoms with Crippen molar-refractivity contribution in [3.05, 3.63) is 22.7 Å². The van der Waals surface area contributed by atoms with E-state index in [1.54, 1.807) is 0 Å². The van der Waals surface area contributed by atoms with Crippen LogP contribution in [0.2, 0.25) is 5.15 Å². The Hall–Kier alpha value is -1.30. The first-order valence-electron chi connectivity index (χ1n) is 3.06. The number of aromatic nitrogens is 2. The van der Waals surface area contributed by atoms with E-state index in [0.29, 0.717) is 0 Å². The molecular weight excluding hydrogens is 206 g/mol. The van der Waals surface area contributed by atoms with Gasteiger partial charge in [0.2, 0.25) is 0 Å². The van der Waals surface area contributed by atoms with Gasteiger partial charge in [-0.05, 0) is 0 Å². The molecule has 0 aliphatic carbocycles. The number of hydrogen-bond acceptors (Lipinski definition) is 3. The minimum Gasteiger partial charge on any atom is -0.476 e. The van der Waals surface area contributed by atoms with E-state index in [1.807, 2.05) is 0 Å². The van der Waals surface area contributed by atoms with E-state index in [9.17, 15) is 13.6 Å². The second-order valence-corrected chi connectivity index (χ2v) is 2.40. The molecule has 13 heavy (non-hydrogen) atoms. The van der Waals surface area contributed by atoms with Crippen LogP contribution in [0.5, 0.6) is 0 Å². The molecule has 0 aliphatic rings. The number of aromatic carboxylic acids is 1. The van der Waals surface area contributed by atoms with Gasteiger partial charge < -0.3 is 5.11 Å². The van der Waals surface area contributed by atoms with E-state index in [0.717, 1.165) is 6.20 Å². The van der Waals surface area contributed by atoms with Crippen LogP contribution in [0.4, 0.5) is 8.78 Å². The number of carboxylic acids is 1. The molecule has 0 aliphatic heterocycles. The average molecular weight is 209 g/mol. The molecule has 1 aromatic heterocycles. The minimum absolute atomic E-state index is 0.406. The molecule has 1 heterocycles. The van der Waals surface area contributed by atoms with Crippen molar-refractivity contribution in [1.82, 2.24) is 9.97 Å². The summed E-state index contributed by atoms with van der Waals surface area (Å²) in [4.78, 5) is 16.8. The fourth-order valence-electron chi connectivity index (χ4n) is 0.629. The smallest absolute Gasteiger partial charge is 0.357 e. The maximum Gasteiger partial charge on any atom is 0.357 e. The Morgan fingerprint density at radius 3 is 2.69 bits per heavy atom. The summed E-state index contributed by atoms with van der Waals surface area (Å²) in [7, 11) is 0. The number of alkyl halides is 2. The molecule has 0 radical (unpaired) electrons. The predicted molar refractivity (Wildman–Crippen MR) is 39.0 cm³/mol. The van der Waals surface area contributed by atoms with Gasteiger partial charge in [0.1, 0.15) is 5.69 Å². The SMILES string of the molecule is O=C(O)c1nc(C(F)F)cnc1Cl. The highest BCUT2D eigenvalue weighted by atomic mass is 35.5. The van der Waals surface area contributed by atoms with Crippen LogP contribution in [-0.4, -0.2) is 21.0 Å². The van der Waals surface area contributed by atoms with Crippen molar-refractivity contribution < 1.29 is 18.7 Å². The third kappa shape index (κ3) is 2.09. The minimum atomic E-state index is -2.86. The van der Waals surface area contributed by atoms with Crippen molar-refractivity contribution in [1.29, 1.82) is 0 Å². The number of rotatable bonds is 2. The molecule has 0 saturated carbocycles. The van der Waals surface area contributed by atoms with Crippen LogP contribution < -0.4 is 0 Å². The van der Waals surface area contributed by atoms with Crippen LogP contribution in [0.1, 0.15) is 22.6 Å². The van der Waals surface area contributed by atoms with Crippen molar-refractivity contribution in [2.24, 2.45) is 0 Å². The van der Waals surface area contributed by atoms with Crippen LogP contribution in [0.25, 0.3) is 0 Å². The van der Waals surface area contributed by atoms with Crippen molar-refractivity contribution in [2.75, 3.05) is 0 Å². The van der Waals surface area contributed by atoms with Gasteiger partial charge in [-0.25, -0.2) is 23.5 Å². The second kappa shape index (κ2) is 3.61. The Bertz CT molecular complexity index is 345. The lowest BCUT2D eigenvalue weighted by molar-refractivity contribution is 0.0688. The first-order valence-corrected chi connectivity index (χ1v) is 3.44. The van der Waals surface area contributed by atoms with E-state index in [2.05, 4.69) is 9.97 Å². The number of hydrogen-bond donors (Lipinski definition) is 1. The summed E-state index contributed by atoms with van der Waals surface area (Å²) >= 11 is 5.30. The Labute approximate surface area is 76.2 Å². The molecule has 1 aromatic rings. The zero-order valence-corrected chi connectivity index (χ0v) is 6.79. The molecule has 0 unspecified atom stereocenters. The monoisotopic (exact) mass is 208 g/mol. The van der Waals surface area contributed by atoms with Gasteiger partial charge in [0.25, 0.3) is 6.43 Å². The number of carboxylic acid groups (broad SMARTS) is 1. The summed E-state index contributed by atoms with van der Waals surface area (Å²) < 4.78 is 24.0. The summed E-state index contributed by atoms with van der Waals surface area (Å²) in [5.74, 6) is -1.49. The molecule has 70 valence electrons. The Morgan fingerprint density at radius 1 is 1.62 bits per heavy atom. The summed E-state index contributed by atoms with van der Waals surface area (Å²) in [6, 6.07) is 0. The van der Waals surface area contributed by atoms with E-state index < -0.39 is 28.9 Å². The van der Waals surface area contributed by atoms with Crippen molar-refractivity contribution >= 4 is 17.6 Å². The molecule has 0 spiro atoms. The fraction of sp³-hybridized carbons (Fsp3) is 0.167. The molecule has 1 N–H and O–H groups in total. The Kier molecular flexibility index (Phi) is 2.72. The van der Waals surface area contributed by atoms with Gasteiger partial charge in [-0.15, -0.1) is 0 Å². The first-order chi connectivity index (χ1) is 6.02. The van der Waals surface area contributed by atoms with Crippen LogP contribution in [-0.2, 0) is 0 Å². The highest BCUT2D eigenvalue weighted by Gasteiger charge is 2.17. The van der Waals surface area contributed by atoms with Gasteiger partial charge >= 0.3 is 5.97 Å². The van der Waals surface area contributed by atoms with Gasteiger partial charge in [0.15, 0.2) is 10.8 Å². The van der Waals surface area contributed by atoms with E-state index in [-0.39, 0.29) is 0 Å². The molecule has 0 atom stereocenters. The number of nitrogens with zero attached hydrogens (tertiary/aromatic N) is 2. The molecule has 0 bridgehead atoms. The van der Waals surface area contributed by atoms with Crippen molar-refractivity contribution in [2.45, 2.75) is 6.43 Å². The number of carbonyl (C=O) groups is 1. The lowest BCUT2D eigenvalue weighted by atomic mass is 10.4. The Morgan fingerprint density at radius 2 is 2.23 bits per heavy atom. The van der Waals surface area contributed by atoms with Gasteiger partial charge in [-0.2, -0.15) is 0 Å².